The van der Waals surface area contributed by atoms with Crippen molar-refractivity contribution in [2.24, 2.45) is 11.8 Å². The molecule has 4 nitrogen and oxygen atoms in total. The summed E-state index contributed by atoms with van der Waals surface area (Å²) in [6.45, 7) is 3.91. The Morgan fingerprint density at radius 1 is 1.12 bits per heavy atom. The van der Waals surface area contributed by atoms with Crippen molar-refractivity contribution in [3.05, 3.63) is 12.2 Å². The van der Waals surface area contributed by atoms with E-state index in [9.17, 15) is 9.59 Å². The van der Waals surface area contributed by atoms with Gasteiger partial charge in [0.25, 0.3) is 0 Å². The molecule has 0 spiro atoms. The smallest absolute Gasteiger partial charge is 0.320 e. The molecule has 0 saturated heterocycles. The minimum Gasteiger partial charge on any atom is -0.468 e. The summed E-state index contributed by atoms with van der Waals surface area (Å²) >= 11 is 0. The molecule has 0 aliphatic heterocycles. The fourth-order valence-electron chi connectivity index (χ4n) is 1.49. The second-order valence-corrected chi connectivity index (χ2v) is 3.43. The van der Waals surface area contributed by atoms with Crippen molar-refractivity contribution in [1.29, 1.82) is 0 Å². The van der Waals surface area contributed by atoms with Gasteiger partial charge in [0.1, 0.15) is 0 Å². The van der Waals surface area contributed by atoms with Crippen LogP contribution in [0.15, 0.2) is 12.2 Å². The molecule has 4 heteroatoms. The Balaban J connectivity index is 4.90. The predicted molar refractivity (Wildman–Crippen MR) is 60.7 cm³/mol. The largest absolute Gasteiger partial charge is 0.468 e. The van der Waals surface area contributed by atoms with Gasteiger partial charge in [0.15, 0.2) is 5.92 Å². The van der Waals surface area contributed by atoms with Crippen LogP contribution in [-0.2, 0) is 19.1 Å². The molecule has 0 unspecified atom stereocenters. The molecule has 0 fully saturated rings. The third kappa shape index (κ3) is 4.04. The average Bonchev–Trinajstić information content (AvgIpc) is 2.32. The van der Waals surface area contributed by atoms with Crippen LogP contribution in [0.2, 0.25) is 0 Å². The summed E-state index contributed by atoms with van der Waals surface area (Å²) in [6.07, 6.45) is 5.36. The van der Waals surface area contributed by atoms with Gasteiger partial charge in [-0.1, -0.05) is 26.0 Å². The number of allylic oxidation sites excluding steroid dienone is 2. The highest BCUT2D eigenvalue weighted by Crippen LogP contribution is 2.20. The quantitative estimate of drug-likeness (QED) is 0.396. The third-order valence-corrected chi connectivity index (χ3v) is 2.43. The summed E-state index contributed by atoms with van der Waals surface area (Å²) in [7, 11) is 2.54. The van der Waals surface area contributed by atoms with Crippen molar-refractivity contribution >= 4 is 11.9 Å². The first-order valence-electron chi connectivity index (χ1n) is 5.44. The van der Waals surface area contributed by atoms with Gasteiger partial charge in [-0.2, -0.15) is 0 Å². The minimum atomic E-state index is -0.859. The van der Waals surface area contributed by atoms with Crippen LogP contribution in [0, 0.1) is 11.8 Å². The summed E-state index contributed by atoms with van der Waals surface area (Å²) in [5.74, 6) is -2.11. The minimum absolute atomic E-state index is 0.167. The molecule has 0 aliphatic rings. The van der Waals surface area contributed by atoms with Gasteiger partial charge in [0.2, 0.25) is 0 Å². The first-order valence-corrected chi connectivity index (χ1v) is 5.44. The second kappa shape index (κ2) is 7.91. The summed E-state index contributed by atoms with van der Waals surface area (Å²) < 4.78 is 9.25. The fraction of sp³-hybridized carbons (Fsp3) is 0.667. The number of hydrogen-bond donors (Lipinski definition) is 0. The normalized spacial score (nSPS) is 12.8. The number of carbonyl (C=O) groups excluding carboxylic acids is 2. The molecule has 0 rings (SSSR count). The van der Waals surface area contributed by atoms with Gasteiger partial charge in [0, 0.05) is 5.92 Å². The molecule has 0 aliphatic carbocycles. The Labute approximate surface area is 96.6 Å². The van der Waals surface area contributed by atoms with Crippen LogP contribution in [-0.4, -0.2) is 26.2 Å². The van der Waals surface area contributed by atoms with Crippen LogP contribution in [0.1, 0.15) is 26.7 Å². The molecule has 16 heavy (non-hydrogen) atoms. The molecule has 0 radical (unpaired) electrons. The van der Waals surface area contributed by atoms with E-state index in [0.717, 1.165) is 6.42 Å². The number of rotatable bonds is 6. The van der Waals surface area contributed by atoms with E-state index in [0.29, 0.717) is 6.42 Å². The molecule has 0 aromatic heterocycles. The molecule has 0 bridgehead atoms. The van der Waals surface area contributed by atoms with Crippen molar-refractivity contribution in [1.82, 2.24) is 0 Å². The zero-order valence-corrected chi connectivity index (χ0v) is 10.4. The van der Waals surface area contributed by atoms with Crippen LogP contribution >= 0.6 is 0 Å². The molecule has 0 saturated carbocycles. The molecule has 0 heterocycles. The Kier molecular flexibility index (Phi) is 7.25. The van der Waals surface area contributed by atoms with E-state index in [1.54, 1.807) is 0 Å². The van der Waals surface area contributed by atoms with Crippen molar-refractivity contribution < 1.29 is 19.1 Å². The van der Waals surface area contributed by atoms with Crippen LogP contribution in [0.4, 0.5) is 0 Å². The third-order valence-electron chi connectivity index (χ3n) is 2.43. The Hall–Kier alpha value is -1.32. The molecular weight excluding hydrogens is 208 g/mol. The molecule has 0 amide bonds. The maximum Gasteiger partial charge on any atom is 0.320 e. The van der Waals surface area contributed by atoms with Gasteiger partial charge < -0.3 is 9.47 Å². The molecule has 0 N–H and O–H groups in total. The van der Waals surface area contributed by atoms with E-state index in [1.807, 2.05) is 26.0 Å². The molecular formula is C12H20O4. The van der Waals surface area contributed by atoms with Crippen LogP contribution in [0.5, 0.6) is 0 Å². The van der Waals surface area contributed by atoms with Gasteiger partial charge >= 0.3 is 11.9 Å². The van der Waals surface area contributed by atoms with Gasteiger partial charge in [0.05, 0.1) is 14.2 Å². The van der Waals surface area contributed by atoms with E-state index < -0.39 is 17.9 Å². The van der Waals surface area contributed by atoms with Gasteiger partial charge in [-0.15, -0.1) is 0 Å². The van der Waals surface area contributed by atoms with Gasteiger partial charge in [-0.3, -0.25) is 9.59 Å². The zero-order chi connectivity index (χ0) is 12.6. The highest BCUT2D eigenvalue weighted by molar-refractivity contribution is 5.95. The van der Waals surface area contributed by atoms with Crippen LogP contribution < -0.4 is 0 Å². The fourth-order valence-corrected chi connectivity index (χ4v) is 1.49. The maximum atomic E-state index is 11.5. The first kappa shape index (κ1) is 14.7. The lowest BCUT2D eigenvalue weighted by atomic mass is 9.89. The lowest BCUT2D eigenvalue weighted by molar-refractivity contribution is -0.160. The highest BCUT2D eigenvalue weighted by atomic mass is 16.5. The molecule has 0 aromatic rings. The average molecular weight is 228 g/mol. The maximum absolute atomic E-state index is 11.5. The number of carbonyl (C=O) groups is 2. The Morgan fingerprint density at radius 2 is 1.62 bits per heavy atom. The summed E-state index contributed by atoms with van der Waals surface area (Å²) in [5, 5.41) is 0. The zero-order valence-electron chi connectivity index (χ0n) is 10.4. The number of ether oxygens (including phenoxy) is 2. The van der Waals surface area contributed by atoms with E-state index >= 15 is 0 Å². The van der Waals surface area contributed by atoms with E-state index in [4.69, 9.17) is 0 Å². The van der Waals surface area contributed by atoms with Crippen LogP contribution in [0.25, 0.3) is 0 Å². The van der Waals surface area contributed by atoms with Crippen LogP contribution in [0.3, 0.4) is 0 Å². The van der Waals surface area contributed by atoms with E-state index in [2.05, 4.69) is 9.47 Å². The second-order valence-electron chi connectivity index (χ2n) is 3.43. The van der Waals surface area contributed by atoms with Gasteiger partial charge in [-0.25, -0.2) is 0 Å². The number of esters is 2. The SMILES string of the molecule is CC/C=C/[C@@H](CC)C(C(=O)OC)C(=O)OC. The van der Waals surface area contributed by atoms with Crippen molar-refractivity contribution in [3.8, 4) is 0 Å². The number of methoxy groups -OCH3 is 2. The summed E-state index contributed by atoms with van der Waals surface area (Å²) in [6, 6.07) is 0. The van der Waals surface area contributed by atoms with E-state index in [1.165, 1.54) is 14.2 Å². The first-order chi connectivity index (χ1) is 7.62. The molecule has 92 valence electrons. The summed E-state index contributed by atoms with van der Waals surface area (Å²) in [4.78, 5) is 23.0. The predicted octanol–water partition coefficient (Wildman–Crippen LogP) is 1.94. The Bertz CT molecular complexity index is 242. The standard InChI is InChI=1S/C12H20O4/c1-5-7-8-9(6-2)10(11(13)15-3)12(14)16-4/h7-10H,5-6H2,1-4H3/b8-7+/t9-/m1/s1. The monoisotopic (exact) mass is 228 g/mol. The molecule has 0 aromatic carbocycles. The highest BCUT2D eigenvalue weighted by Gasteiger charge is 2.34. The summed E-state index contributed by atoms with van der Waals surface area (Å²) in [5.41, 5.74) is 0. The lowest BCUT2D eigenvalue weighted by Crippen LogP contribution is -2.32. The lowest BCUT2D eigenvalue weighted by Gasteiger charge is -2.18. The topological polar surface area (TPSA) is 52.6 Å². The van der Waals surface area contributed by atoms with Gasteiger partial charge in [-0.05, 0) is 12.8 Å². The molecule has 1 atom stereocenters. The van der Waals surface area contributed by atoms with E-state index in [-0.39, 0.29) is 5.92 Å². The number of hydrogen-bond acceptors (Lipinski definition) is 4. The van der Waals surface area contributed by atoms with Crippen molar-refractivity contribution in [2.75, 3.05) is 14.2 Å². The Morgan fingerprint density at radius 3 is 1.94 bits per heavy atom. The van der Waals surface area contributed by atoms with Crippen molar-refractivity contribution in [2.45, 2.75) is 26.7 Å². The van der Waals surface area contributed by atoms with Crippen molar-refractivity contribution in [3.63, 3.8) is 0 Å².